The van der Waals surface area contributed by atoms with Crippen molar-refractivity contribution in [3.63, 3.8) is 0 Å². The van der Waals surface area contributed by atoms with Crippen LogP contribution in [-0.2, 0) is 4.79 Å². The predicted molar refractivity (Wildman–Crippen MR) is 125 cm³/mol. The number of carbonyl (C=O) groups is 2. The Balaban J connectivity index is 1.33. The van der Waals surface area contributed by atoms with Crippen molar-refractivity contribution in [3.8, 4) is 11.5 Å². The topological polar surface area (TPSA) is 75.4 Å². The van der Waals surface area contributed by atoms with Crippen LogP contribution in [0, 0.1) is 11.8 Å². The molecular formula is C26H31N3O3. The van der Waals surface area contributed by atoms with Crippen LogP contribution >= 0.6 is 0 Å². The summed E-state index contributed by atoms with van der Waals surface area (Å²) in [5.74, 6) is 1.62. The predicted octanol–water partition coefficient (Wildman–Crippen LogP) is 4.90. The van der Waals surface area contributed by atoms with Crippen molar-refractivity contribution in [3.05, 3.63) is 54.1 Å². The van der Waals surface area contributed by atoms with Crippen LogP contribution in [0.25, 0.3) is 22.6 Å². The summed E-state index contributed by atoms with van der Waals surface area (Å²) in [5, 5.41) is 3.02. The average Bonchev–Trinajstić information content (AvgIpc) is 3.23. The van der Waals surface area contributed by atoms with Gasteiger partial charge in [0, 0.05) is 37.2 Å². The average molecular weight is 434 g/mol. The highest BCUT2D eigenvalue weighted by Gasteiger charge is 2.25. The fraction of sp³-hybridized carbons (Fsp3) is 0.423. The van der Waals surface area contributed by atoms with Gasteiger partial charge < -0.3 is 14.6 Å². The van der Waals surface area contributed by atoms with Gasteiger partial charge in [-0.25, -0.2) is 4.98 Å². The number of nitrogens with zero attached hydrogens (tertiary/aromatic N) is 2. The number of hydrogen-bond acceptors (Lipinski definition) is 4. The Morgan fingerprint density at radius 3 is 2.59 bits per heavy atom. The van der Waals surface area contributed by atoms with E-state index in [2.05, 4.69) is 24.1 Å². The zero-order valence-electron chi connectivity index (χ0n) is 18.8. The van der Waals surface area contributed by atoms with Crippen molar-refractivity contribution >= 4 is 22.9 Å². The number of rotatable bonds is 7. The molecule has 0 unspecified atom stereocenters. The van der Waals surface area contributed by atoms with Crippen LogP contribution in [0.2, 0.25) is 0 Å². The Labute approximate surface area is 189 Å². The molecule has 0 radical (unpaired) electrons. The summed E-state index contributed by atoms with van der Waals surface area (Å²) in [6, 6.07) is 15.2. The lowest BCUT2D eigenvalue weighted by atomic mass is 9.92. The SMILES string of the molecule is CC(C)CCNC(=O)CC1CCN(C(=O)c2ccc3oc(-c4ccccc4)nc3c2)CC1. The molecule has 1 saturated heterocycles. The lowest BCUT2D eigenvalue weighted by Gasteiger charge is -2.31. The summed E-state index contributed by atoms with van der Waals surface area (Å²) in [4.78, 5) is 31.6. The van der Waals surface area contributed by atoms with Crippen molar-refractivity contribution in [1.82, 2.24) is 15.2 Å². The molecule has 168 valence electrons. The third-order valence-electron chi connectivity index (χ3n) is 6.07. The number of carbonyl (C=O) groups excluding carboxylic acids is 2. The summed E-state index contributed by atoms with van der Waals surface area (Å²) in [5.41, 5.74) is 2.88. The van der Waals surface area contributed by atoms with Crippen molar-refractivity contribution in [2.45, 2.75) is 39.5 Å². The molecule has 1 aliphatic rings. The fourth-order valence-corrected chi connectivity index (χ4v) is 4.12. The molecule has 6 nitrogen and oxygen atoms in total. The molecule has 4 rings (SSSR count). The second-order valence-corrected chi connectivity index (χ2v) is 9.04. The van der Waals surface area contributed by atoms with Gasteiger partial charge in [-0.1, -0.05) is 32.0 Å². The molecular weight excluding hydrogens is 402 g/mol. The number of aromatic nitrogens is 1. The Kier molecular flexibility index (Phi) is 6.88. The first kappa shape index (κ1) is 22.1. The molecule has 1 fully saturated rings. The zero-order chi connectivity index (χ0) is 22.5. The van der Waals surface area contributed by atoms with E-state index >= 15 is 0 Å². The van der Waals surface area contributed by atoms with Crippen LogP contribution in [0.5, 0.6) is 0 Å². The monoisotopic (exact) mass is 433 g/mol. The van der Waals surface area contributed by atoms with E-state index in [4.69, 9.17) is 4.42 Å². The smallest absolute Gasteiger partial charge is 0.253 e. The molecule has 3 aromatic rings. The standard InChI is InChI=1S/C26H31N3O3/c1-18(2)10-13-27-24(30)16-19-11-14-29(15-12-19)26(31)21-8-9-23-22(17-21)28-25(32-23)20-6-4-3-5-7-20/h3-9,17-19H,10-16H2,1-2H3,(H,27,30). The lowest BCUT2D eigenvalue weighted by Crippen LogP contribution is -2.39. The molecule has 0 atom stereocenters. The van der Waals surface area contributed by atoms with Crippen molar-refractivity contribution < 1.29 is 14.0 Å². The Morgan fingerprint density at radius 2 is 1.88 bits per heavy atom. The minimum atomic E-state index is 0.0102. The molecule has 0 bridgehead atoms. The van der Waals surface area contributed by atoms with Crippen LogP contribution in [0.1, 0.15) is 49.9 Å². The molecule has 1 aliphatic heterocycles. The number of benzene rings is 2. The summed E-state index contributed by atoms with van der Waals surface area (Å²) >= 11 is 0. The number of oxazole rings is 1. The number of likely N-dealkylation sites (tertiary alicyclic amines) is 1. The molecule has 6 heteroatoms. The van der Waals surface area contributed by atoms with Gasteiger partial charge in [0.2, 0.25) is 11.8 Å². The first-order chi connectivity index (χ1) is 15.5. The van der Waals surface area contributed by atoms with E-state index in [1.807, 2.05) is 47.4 Å². The molecule has 32 heavy (non-hydrogen) atoms. The second kappa shape index (κ2) is 9.98. The Morgan fingerprint density at radius 1 is 1.12 bits per heavy atom. The molecule has 0 saturated carbocycles. The highest BCUT2D eigenvalue weighted by atomic mass is 16.3. The zero-order valence-corrected chi connectivity index (χ0v) is 18.8. The van der Waals surface area contributed by atoms with Crippen molar-refractivity contribution in [2.24, 2.45) is 11.8 Å². The first-order valence-corrected chi connectivity index (χ1v) is 11.5. The second-order valence-electron chi connectivity index (χ2n) is 9.04. The number of amides is 2. The quantitative estimate of drug-likeness (QED) is 0.575. The molecule has 2 heterocycles. The van der Waals surface area contributed by atoms with Crippen LogP contribution in [-0.4, -0.2) is 41.3 Å². The van der Waals surface area contributed by atoms with E-state index in [0.717, 1.165) is 31.4 Å². The molecule has 1 aromatic heterocycles. The third-order valence-corrected chi connectivity index (χ3v) is 6.07. The number of fused-ring (bicyclic) bond motifs is 1. The van der Waals surface area contributed by atoms with Gasteiger partial charge in [-0.2, -0.15) is 0 Å². The lowest BCUT2D eigenvalue weighted by molar-refractivity contribution is -0.122. The van der Waals surface area contributed by atoms with Crippen molar-refractivity contribution in [2.75, 3.05) is 19.6 Å². The highest BCUT2D eigenvalue weighted by molar-refractivity contribution is 5.97. The molecule has 2 aromatic carbocycles. The maximum atomic E-state index is 13.0. The highest BCUT2D eigenvalue weighted by Crippen LogP contribution is 2.26. The van der Waals surface area contributed by atoms with Gasteiger partial charge in [0.15, 0.2) is 5.58 Å². The molecule has 1 N–H and O–H groups in total. The number of piperidine rings is 1. The Bertz CT molecular complexity index is 1070. The van der Waals surface area contributed by atoms with Crippen molar-refractivity contribution in [1.29, 1.82) is 0 Å². The molecule has 0 aliphatic carbocycles. The first-order valence-electron chi connectivity index (χ1n) is 11.5. The summed E-state index contributed by atoms with van der Waals surface area (Å²) in [6.45, 7) is 6.40. The van der Waals surface area contributed by atoms with Crippen LogP contribution in [0.4, 0.5) is 0 Å². The van der Waals surface area contributed by atoms with E-state index in [1.165, 1.54) is 0 Å². The van der Waals surface area contributed by atoms with Crippen LogP contribution in [0.3, 0.4) is 0 Å². The van der Waals surface area contributed by atoms with Gasteiger partial charge in [0.05, 0.1) is 0 Å². The van der Waals surface area contributed by atoms with E-state index < -0.39 is 0 Å². The summed E-state index contributed by atoms with van der Waals surface area (Å²) in [7, 11) is 0. The minimum Gasteiger partial charge on any atom is -0.436 e. The van der Waals surface area contributed by atoms with Gasteiger partial charge in [-0.3, -0.25) is 9.59 Å². The van der Waals surface area contributed by atoms with E-state index in [0.29, 0.717) is 53.9 Å². The van der Waals surface area contributed by atoms with Gasteiger partial charge in [-0.05, 0) is 61.4 Å². The van der Waals surface area contributed by atoms with Gasteiger partial charge in [0.1, 0.15) is 5.52 Å². The van der Waals surface area contributed by atoms with Gasteiger partial charge in [-0.15, -0.1) is 0 Å². The number of nitrogens with one attached hydrogen (secondary N) is 1. The summed E-state index contributed by atoms with van der Waals surface area (Å²) < 4.78 is 5.85. The normalized spacial score (nSPS) is 14.8. The van der Waals surface area contributed by atoms with E-state index in [-0.39, 0.29) is 11.8 Å². The van der Waals surface area contributed by atoms with Gasteiger partial charge >= 0.3 is 0 Å². The number of hydrogen-bond donors (Lipinski definition) is 1. The van der Waals surface area contributed by atoms with E-state index in [9.17, 15) is 9.59 Å². The third kappa shape index (κ3) is 5.36. The van der Waals surface area contributed by atoms with Crippen LogP contribution < -0.4 is 5.32 Å². The van der Waals surface area contributed by atoms with E-state index in [1.54, 1.807) is 6.07 Å². The maximum absolute atomic E-state index is 13.0. The fourth-order valence-electron chi connectivity index (χ4n) is 4.12. The Hall–Kier alpha value is -3.15. The minimum absolute atomic E-state index is 0.0102. The molecule has 2 amide bonds. The largest absolute Gasteiger partial charge is 0.436 e. The summed E-state index contributed by atoms with van der Waals surface area (Å²) in [6.07, 6.45) is 3.26. The molecule has 0 spiro atoms. The van der Waals surface area contributed by atoms with Crippen LogP contribution in [0.15, 0.2) is 52.9 Å². The maximum Gasteiger partial charge on any atom is 0.253 e. The van der Waals surface area contributed by atoms with Gasteiger partial charge in [0.25, 0.3) is 5.91 Å².